The van der Waals surface area contributed by atoms with Crippen molar-refractivity contribution in [2.24, 2.45) is 11.3 Å². The van der Waals surface area contributed by atoms with Crippen molar-refractivity contribution in [3.05, 3.63) is 16.1 Å². The third-order valence-corrected chi connectivity index (χ3v) is 5.90. The van der Waals surface area contributed by atoms with Gasteiger partial charge in [0.05, 0.1) is 6.04 Å². The zero-order valence-corrected chi connectivity index (χ0v) is 13.7. The van der Waals surface area contributed by atoms with E-state index in [1.54, 1.807) is 0 Å². The van der Waals surface area contributed by atoms with Gasteiger partial charge in [-0.05, 0) is 44.2 Å². The zero-order chi connectivity index (χ0) is 16.7. The predicted molar refractivity (Wildman–Crippen MR) is 80.9 cm³/mol. The van der Waals surface area contributed by atoms with Crippen LogP contribution >= 0.6 is 11.3 Å². The van der Waals surface area contributed by atoms with Gasteiger partial charge in [-0.3, -0.25) is 4.79 Å². The molecule has 128 valence electrons. The van der Waals surface area contributed by atoms with Gasteiger partial charge in [0.2, 0.25) is 5.91 Å². The SMILES string of the molecule is CCC(NC(=O)C1CC12CCNCC2)c1nc(C(F)(F)F)cs1. The molecule has 2 heterocycles. The van der Waals surface area contributed by atoms with Crippen LogP contribution in [-0.2, 0) is 11.0 Å². The molecule has 1 saturated carbocycles. The fraction of sp³-hybridized carbons (Fsp3) is 0.733. The molecular weight excluding hydrogens is 327 g/mol. The predicted octanol–water partition coefficient (Wildman–Crippen LogP) is 3.12. The number of hydrogen-bond donors (Lipinski definition) is 2. The standard InChI is InChI=1S/C15H20F3N3OS/c1-2-10(13-21-11(8-23-13)15(16,17)18)20-12(22)9-7-14(9)3-5-19-6-4-14/h8-10,19H,2-7H2,1H3,(H,20,22). The highest BCUT2D eigenvalue weighted by molar-refractivity contribution is 7.09. The molecular formula is C15H20F3N3OS. The van der Waals surface area contributed by atoms with E-state index in [0.29, 0.717) is 11.4 Å². The van der Waals surface area contributed by atoms with Crippen molar-refractivity contribution in [3.63, 3.8) is 0 Å². The lowest BCUT2D eigenvalue weighted by molar-refractivity contribution is -0.140. The summed E-state index contributed by atoms with van der Waals surface area (Å²) in [5.41, 5.74) is -0.764. The zero-order valence-electron chi connectivity index (χ0n) is 12.9. The Labute approximate surface area is 136 Å². The van der Waals surface area contributed by atoms with E-state index in [1.165, 1.54) is 0 Å². The Morgan fingerprint density at radius 3 is 2.78 bits per heavy atom. The van der Waals surface area contributed by atoms with Gasteiger partial charge in [0.1, 0.15) is 5.01 Å². The Kier molecular flexibility index (Phi) is 4.39. The number of alkyl halides is 3. The van der Waals surface area contributed by atoms with Crippen molar-refractivity contribution < 1.29 is 18.0 Å². The molecule has 2 N–H and O–H groups in total. The van der Waals surface area contributed by atoms with Gasteiger partial charge in [-0.2, -0.15) is 13.2 Å². The van der Waals surface area contributed by atoms with Gasteiger partial charge in [0, 0.05) is 11.3 Å². The molecule has 1 saturated heterocycles. The molecule has 1 aliphatic heterocycles. The molecule has 2 atom stereocenters. The number of carbonyl (C=O) groups excluding carboxylic acids is 1. The molecule has 0 bridgehead atoms. The number of thiazole rings is 1. The summed E-state index contributed by atoms with van der Waals surface area (Å²) in [5.74, 6) is -0.0387. The average molecular weight is 347 g/mol. The Hall–Kier alpha value is -1.15. The molecule has 8 heteroatoms. The topological polar surface area (TPSA) is 54.0 Å². The van der Waals surface area contributed by atoms with E-state index < -0.39 is 17.9 Å². The maximum atomic E-state index is 12.7. The molecule has 4 nitrogen and oxygen atoms in total. The maximum Gasteiger partial charge on any atom is 0.434 e. The maximum absolute atomic E-state index is 12.7. The monoisotopic (exact) mass is 347 g/mol. The first-order valence-corrected chi connectivity index (χ1v) is 8.77. The van der Waals surface area contributed by atoms with E-state index >= 15 is 0 Å². The number of rotatable bonds is 4. The summed E-state index contributed by atoms with van der Waals surface area (Å²) >= 11 is 0.954. The Balaban J connectivity index is 1.63. The van der Waals surface area contributed by atoms with E-state index in [2.05, 4.69) is 15.6 Å². The minimum atomic E-state index is -4.44. The largest absolute Gasteiger partial charge is 0.434 e. The van der Waals surface area contributed by atoms with Crippen LogP contribution in [0.25, 0.3) is 0 Å². The molecule has 1 amide bonds. The second-order valence-corrected chi connectivity index (χ2v) is 7.30. The van der Waals surface area contributed by atoms with Gasteiger partial charge in [-0.25, -0.2) is 4.98 Å². The number of nitrogens with zero attached hydrogens (tertiary/aromatic N) is 1. The molecule has 3 rings (SSSR count). The molecule has 2 unspecified atom stereocenters. The van der Waals surface area contributed by atoms with Crippen LogP contribution in [0.15, 0.2) is 5.38 Å². The van der Waals surface area contributed by atoms with Crippen molar-refractivity contribution in [2.75, 3.05) is 13.1 Å². The fourth-order valence-electron chi connectivity index (χ4n) is 3.38. The highest BCUT2D eigenvalue weighted by Crippen LogP contribution is 2.58. The molecule has 0 radical (unpaired) electrons. The van der Waals surface area contributed by atoms with Crippen LogP contribution in [0.1, 0.15) is 49.4 Å². The molecule has 2 fully saturated rings. The van der Waals surface area contributed by atoms with Gasteiger partial charge >= 0.3 is 6.18 Å². The summed E-state index contributed by atoms with van der Waals surface area (Å²) in [6.45, 7) is 3.71. The van der Waals surface area contributed by atoms with E-state index in [1.807, 2.05) is 6.92 Å². The lowest BCUT2D eigenvalue weighted by Gasteiger charge is -2.24. The van der Waals surface area contributed by atoms with Crippen molar-refractivity contribution in [1.82, 2.24) is 15.6 Å². The first-order chi connectivity index (χ1) is 10.9. The van der Waals surface area contributed by atoms with Crippen molar-refractivity contribution in [3.8, 4) is 0 Å². The third kappa shape index (κ3) is 3.38. The summed E-state index contributed by atoms with van der Waals surface area (Å²) in [6.07, 6.45) is -1.03. The number of amides is 1. The van der Waals surface area contributed by atoms with Crippen LogP contribution in [0.5, 0.6) is 0 Å². The van der Waals surface area contributed by atoms with Crippen molar-refractivity contribution in [1.29, 1.82) is 0 Å². The summed E-state index contributed by atoms with van der Waals surface area (Å²) in [5, 5.41) is 7.53. The van der Waals surface area contributed by atoms with Gasteiger partial charge in [-0.1, -0.05) is 6.92 Å². The Bertz CT molecular complexity index is 581. The number of halogens is 3. The number of carbonyl (C=O) groups is 1. The van der Waals surface area contributed by atoms with Crippen LogP contribution in [0.2, 0.25) is 0 Å². The normalized spacial score (nSPS) is 24.4. The first-order valence-electron chi connectivity index (χ1n) is 7.89. The summed E-state index contributed by atoms with van der Waals surface area (Å²) in [7, 11) is 0. The number of hydrogen-bond acceptors (Lipinski definition) is 4. The van der Waals surface area contributed by atoms with Crippen LogP contribution in [0, 0.1) is 11.3 Å². The number of nitrogens with one attached hydrogen (secondary N) is 2. The second kappa shape index (κ2) is 6.05. The van der Waals surface area contributed by atoms with Crippen molar-refractivity contribution >= 4 is 17.2 Å². The third-order valence-electron chi connectivity index (χ3n) is 4.94. The quantitative estimate of drug-likeness (QED) is 0.880. The molecule has 0 aromatic carbocycles. The number of aromatic nitrogens is 1. The van der Waals surface area contributed by atoms with E-state index in [-0.39, 0.29) is 17.2 Å². The van der Waals surface area contributed by atoms with Crippen LogP contribution < -0.4 is 10.6 Å². The molecule has 1 aliphatic carbocycles. The highest BCUT2D eigenvalue weighted by atomic mass is 32.1. The summed E-state index contributed by atoms with van der Waals surface area (Å²) < 4.78 is 38.0. The first kappa shape index (κ1) is 16.7. The van der Waals surface area contributed by atoms with Gasteiger partial charge in [0.15, 0.2) is 5.69 Å². The van der Waals surface area contributed by atoms with Crippen molar-refractivity contribution in [2.45, 2.75) is 44.8 Å². The molecule has 1 spiro atoms. The highest BCUT2D eigenvalue weighted by Gasteiger charge is 2.57. The van der Waals surface area contributed by atoms with Gasteiger partial charge < -0.3 is 10.6 Å². The van der Waals surface area contributed by atoms with Gasteiger partial charge in [0.25, 0.3) is 0 Å². The smallest absolute Gasteiger partial charge is 0.347 e. The lowest BCUT2D eigenvalue weighted by atomic mass is 9.91. The molecule has 1 aromatic heterocycles. The van der Waals surface area contributed by atoms with Crippen LogP contribution in [-0.4, -0.2) is 24.0 Å². The van der Waals surface area contributed by atoms with E-state index in [9.17, 15) is 18.0 Å². The minimum Gasteiger partial charge on any atom is -0.347 e. The van der Waals surface area contributed by atoms with Gasteiger partial charge in [-0.15, -0.1) is 11.3 Å². The van der Waals surface area contributed by atoms with Crippen LogP contribution in [0.3, 0.4) is 0 Å². The molecule has 2 aliphatic rings. The average Bonchev–Trinajstić information content (AvgIpc) is 2.98. The second-order valence-electron chi connectivity index (χ2n) is 6.41. The van der Waals surface area contributed by atoms with E-state index in [0.717, 1.165) is 49.1 Å². The molecule has 23 heavy (non-hydrogen) atoms. The molecule has 1 aromatic rings. The number of piperidine rings is 1. The van der Waals surface area contributed by atoms with E-state index in [4.69, 9.17) is 0 Å². The summed E-state index contributed by atoms with van der Waals surface area (Å²) in [6, 6.07) is -0.442. The fourth-order valence-corrected chi connectivity index (χ4v) is 4.34. The Morgan fingerprint density at radius 2 is 2.22 bits per heavy atom. The Morgan fingerprint density at radius 1 is 1.52 bits per heavy atom. The minimum absolute atomic E-state index is 0.000647. The lowest BCUT2D eigenvalue weighted by Crippen LogP contribution is -2.35. The van der Waals surface area contributed by atoms with Crippen LogP contribution in [0.4, 0.5) is 13.2 Å². The summed E-state index contributed by atoms with van der Waals surface area (Å²) in [4.78, 5) is 16.1.